The minimum Gasteiger partial charge on any atom is -0.484 e. The van der Waals surface area contributed by atoms with E-state index in [0.29, 0.717) is 25.7 Å². The molecule has 0 heterocycles. The Morgan fingerprint density at radius 2 is 1.40 bits per heavy atom. The Bertz CT molecular complexity index is 1280. The van der Waals surface area contributed by atoms with Crippen LogP contribution in [0.1, 0.15) is 32.1 Å². The second-order valence-electron chi connectivity index (χ2n) is 9.58. The number of hydrogen-bond acceptors (Lipinski definition) is 7. The number of nitrogens with one attached hydrogen (secondary N) is 2. The minimum absolute atomic E-state index is 0.0618. The van der Waals surface area contributed by atoms with Crippen molar-refractivity contribution in [2.75, 3.05) is 17.8 Å². The lowest BCUT2D eigenvalue weighted by molar-refractivity contribution is -0.138. The van der Waals surface area contributed by atoms with Crippen LogP contribution in [0.5, 0.6) is 11.5 Å². The molecule has 3 aliphatic carbocycles. The maximum atomic E-state index is 13.7. The average Bonchev–Trinajstić information content (AvgIpc) is 2.91. The lowest BCUT2D eigenvalue weighted by Crippen LogP contribution is -2.71. The third-order valence-electron chi connectivity index (χ3n) is 7.02. The number of amides is 2. The molecule has 3 fully saturated rings. The number of fused-ring (bicyclic) bond motifs is 3. The average molecular weight is 713 g/mol. The van der Waals surface area contributed by atoms with Crippen molar-refractivity contribution in [3.63, 3.8) is 0 Å². The quantitative estimate of drug-likeness (QED) is 0.195. The molecule has 2 aromatic carbocycles. The van der Waals surface area contributed by atoms with Crippen molar-refractivity contribution in [3.8, 4) is 11.5 Å². The largest absolute Gasteiger partial charge is 0.509 e. The zero-order chi connectivity index (χ0) is 28.9. The first-order valence-electron chi connectivity index (χ1n) is 12.2. The van der Waals surface area contributed by atoms with Crippen LogP contribution in [-0.4, -0.2) is 53.0 Å². The van der Waals surface area contributed by atoms with Gasteiger partial charge in [0.05, 0.1) is 15.6 Å². The molecule has 9 nitrogen and oxygen atoms in total. The Kier molecular flexibility index (Phi) is 9.83. The summed E-state index contributed by atoms with van der Waals surface area (Å²) in [6.45, 7) is -0.770. The van der Waals surface area contributed by atoms with E-state index in [1.807, 2.05) is 22.6 Å². The zero-order valence-electron chi connectivity index (χ0n) is 20.9. The fourth-order valence-electron chi connectivity index (χ4n) is 5.06. The van der Waals surface area contributed by atoms with Gasteiger partial charge in [-0.2, -0.15) is 0 Å². The van der Waals surface area contributed by atoms with E-state index in [2.05, 4.69) is 10.6 Å². The maximum Gasteiger partial charge on any atom is 0.509 e. The molecule has 0 spiro atoms. The highest BCUT2D eigenvalue weighted by Gasteiger charge is 2.57. The van der Waals surface area contributed by atoms with Gasteiger partial charge in [0.15, 0.2) is 13.2 Å². The van der Waals surface area contributed by atoms with E-state index in [4.69, 9.17) is 42.1 Å². The van der Waals surface area contributed by atoms with Crippen molar-refractivity contribution in [1.29, 1.82) is 0 Å². The molecule has 2 bridgehead atoms. The van der Waals surface area contributed by atoms with Crippen molar-refractivity contribution < 1.29 is 42.1 Å². The van der Waals surface area contributed by atoms with Crippen LogP contribution in [0.15, 0.2) is 36.4 Å². The predicted molar refractivity (Wildman–Crippen MR) is 149 cm³/mol. The summed E-state index contributed by atoms with van der Waals surface area (Å²) in [7, 11) is 0. The molecule has 0 radical (unpaired) electrons. The molecule has 2 aromatic rings. The molecule has 0 aliphatic heterocycles. The molecular weight excluding hydrogens is 688 g/mol. The Morgan fingerprint density at radius 1 is 0.875 bits per heavy atom. The third kappa shape index (κ3) is 7.38. The van der Waals surface area contributed by atoms with Crippen LogP contribution in [0.25, 0.3) is 0 Å². The number of carbonyl (C=O) groups is 3. The standard InChI is InChI=1S/C26H25Cl2F2IN2O7/c27-17-3-1-15(9-19(17)29)37-12-22(34)32-25-5-7-26(8-6-25,21(11-25)40-24(36)39-14-31)33-23(35)13-38-16-2-4-18(28)20(30)10-16/h1-4,9-10,21H,5-8,11-14H2,(H,32,34)(H,33,35). The number of halogens is 5. The van der Waals surface area contributed by atoms with E-state index in [1.165, 1.54) is 24.3 Å². The summed E-state index contributed by atoms with van der Waals surface area (Å²) in [5.74, 6) is -2.00. The van der Waals surface area contributed by atoms with E-state index in [-0.39, 0.29) is 39.2 Å². The smallest absolute Gasteiger partial charge is 0.484 e. The van der Waals surface area contributed by atoms with Gasteiger partial charge in [-0.15, -0.1) is 0 Å². The summed E-state index contributed by atoms with van der Waals surface area (Å²) in [5, 5.41) is 5.78. The van der Waals surface area contributed by atoms with Crippen molar-refractivity contribution >= 4 is 63.8 Å². The molecule has 0 aromatic heterocycles. The van der Waals surface area contributed by atoms with Crippen molar-refractivity contribution in [2.24, 2.45) is 0 Å². The van der Waals surface area contributed by atoms with Gasteiger partial charge in [-0.25, -0.2) is 13.6 Å². The molecule has 3 saturated carbocycles. The summed E-state index contributed by atoms with van der Waals surface area (Å²) in [6.07, 6.45) is 0.253. The predicted octanol–water partition coefficient (Wildman–Crippen LogP) is 5.33. The van der Waals surface area contributed by atoms with Gasteiger partial charge in [0.2, 0.25) is 0 Å². The van der Waals surface area contributed by atoms with Crippen molar-refractivity contribution in [2.45, 2.75) is 49.3 Å². The lowest BCUT2D eigenvalue weighted by atomic mass is 9.59. The van der Waals surface area contributed by atoms with E-state index < -0.39 is 53.4 Å². The highest BCUT2D eigenvalue weighted by Crippen LogP contribution is 2.48. The summed E-state index contributed by atoms with van der Waals surface area (Å²) in [4.78, 5) is 37.9. The molecule has 5 rings (SSSR count). The minimum atomic E-state index is -0.917. The summed E-state index contributed by atoms with van der Waals surface area (Å²) >= 11 is 13.2. The van der Waals surface area contributed by atoms with Crippen LogP contribution >= 0.6 is 45.8 Å². The second-order valence-corrected chi connectivity index (χ2v) is 11.0. The van der Waals surface area contributed by atoms with Gasteiger partial charge in [0, 0.05) is 24.1 Å². The summed E-state index contributed by atoms with van der Waals surface area (Å²) in [5.41, 5.74) is -1.63. The van der Waals surface area contributed by atoms with Crippen molar-refractivity contribution in [3.05, 3.63) is 58.1 Å². The number of benzene rings is 2. The van der Waals surface area contributed by atoms with Gasteiger partial charge in [-0.3, -0.25) is 9.59 Å². The summed E-state index contributed by atoms with van der Waals surface area (Å²) < 4.78 is 48.8. The van der Waals surface area contributed by atoms with Gasteiger partial charge in [0.1, 0.15) is 33.9 Å². The fourth-order valence-corrected chi connectivity index (χ4v) is 5.55. The van der Waals surface area contributed by atoms with Gasteiger partial charge in [-0.05, 0) is 72.5 Å². The van der Waals surface area contributed by atoms with Gasteiger partial charge >= 0.3 is 6.16 Å². The highest BCUT2D eigenvalue weighted by molar-refractivity contribution is 14.1. The topological polar surface area (TPSA) is 112 Å². The molecule has 2 N–H and O–H groups in total. The Morgan fingerprint density at radius 3 is 1.90 bits per heavy atom. The SMILES string of the molecule is O=C(COc1ccc(Cl)c(F)c1)NC12CCC(NC(=O)COc3ccc(Cl)c(F)c3)(CC1)C(OC(=O)OCI)C2. The first-order valence-corrected chi connectivity index (χ1v) is 14.5. The van der Waals surface area contributed by atoms with Gasteiger partial charge < -0.3 is 29.6 Å². The lowest BCUT2D eigenvalue weighted by Gasteiger charge is -2.56. The molecule has 14 heteroatoms. The molecule has 0 saturated heterocycles. The fraction of sp³-hybridized carbons (Fsp3) is 0.423. The first kappa shape index (κ1) is 30.4. The monoisotopic (exact) mass is 712 g/mol. The normalized spacial score (nSPS) is 23.2. The van der Waals surface area contributed by atoms with Crippen LogP contribution in [0, 0.1) is 11.6 Å². The van der Waals surface area contributed by atoms with Crippen LogP contribution in [0.2, 0.25) is 10.0 Å². The molecule has 40 heavy (non-hydrogen) atoms. The van der Waals surface area contributed by atoms with Crippen LogP contribution in [0.4, 0.5) is 13.6 Å². The Balaban J connectivity index is 1.39. The molecule has 216 valence electrons. The number of carbonyl (C=O) groups excluding carboxylic acids is 3. The third-order valence-corrected chi connectivity index (χ3v) is 7.94. The number of rotatable bonds is 10. The van der Waals surface area contributed by atoms with E-state index in [1.54, 1.807) is 0 Å². The van der Waals surface area contributed by atoms with Crippen LogP contribution in [0.3, 0.4) is 0 Å². The zero-order valence-corrected chi connectivity index (χ0v) is 24.6. The first-order chi connectivity index (χ1) is 19.0. The highest BCUT2D eigenvalue weighted by atomic mass is 127. The molecule has 2 amide bonds. The Hall–Kier alpha value is -2.58. The summed E-state index contributed by atoms with van der Waals surface area (Å²) in [6, 6.07) is 7.70. The van der Waals surface area contributed by atoms with Gasteiger partial charge in [-0.1, -0.05) is 23.2 Å². The van der Waals surface area contributed by atoms with Crippen molar-refractivity contribution in [1.82, 2.24) is 10.6 Å². The van der Waals surface area contributed by atoms with E-state index in [0.717, 1.165) is 12.1 Å². The molecule has 1 unspecified atom stereocenters. The Labute approximate surface area is 252 Å². The second kappa shape index (κ2) is 12.9. The van der Waals surface area contributed by atoms with Crippen LogP contribution < -0.4 is 20.1 Å². The molecule has 3 aliphatic rings. The van der Waals surface area contributed by atoms with Crippen LogP contribution in [-0.2, 0) is 19.1 Å². The number of alkyl halides is 1. The maximum absolute atomic E-state index is 13.7. The molecule has 1 atom stereocenters. The van der Waals surface area contributed by atoms with Gasteiger partial charge in [0.25, 0.3) is 11.8 Å². The molecular formula is C26H25Cl2F2IN2O7. The number of ether oxygens (including phenoxy) is 4. The van der Waals surface area contributed by atoms with E-state index in [9.17, 15) is 23.2 Å². The van der Waals surface area contributed by atoms with E-state index >= 15 is 0 Å². The number of hydrogen-bond donors (Lipinski definition) is 2.